The van der Waals surface area contributed by atoms with Crippen LogP contribution in [0.2, 0.25) is 0 Å². The van der Waals surface area contributed by atoms with Crippen molar-refractivity contribution >= 4 is 5.91 Å². The molecule has 1 N–H and O–H groups in total. The lowest BCUT2D eigenvalue weighted by Crippen LogP contribution is -2.45. The smallest absolute Gasteiger partial charge is 0.451 e. The zero-order valence-corrected chi connectivity index (χ0v) is 13.0. The molecule has 0 spiro atoms. The Morgan fingerprint density at radius 3 is 2.64 bits per heavy atom. The molecule has 0 saturated carbocycles. The maximum atomic E-state index is 12.4. The number of ether oxygens (including phenoxy) is 2. The van der Waals surface area contributed by atoms with Crippen molar-refractivity contribution in [2.45, 2.75) is 18.3 Å². The van der Waals surface area contributed by atoms with Crippen molar-refractivity contribution in [1.29, 1.82) is 0 Å². The fourth-order valence-electron chi connectivity index (χ4n) is 2.26. The van der Waals surface area contributed by atoms with Crippen LogP contribution in [0.5, 0.6) is 5.75 Å². The number of carbonyl (C=O) groups excluding carboxylic acids is 1. The number of nitrogens with one attached hydrogen (secondary N) is 1. The maximum Gasteiger partial charge on any atom is 0.451 e. The van der Waals surface area contributed by atoms with E-state index in [1.807, 2.05) is 0 Å². The SMILES string of the molecule is Cn1cc(O[C@@H]2COC[C@@H]2NC(=O)c2cnc(C(F)(F)F)nc2)cn1. The average molecular weight is 357 g/mol. The number of rotatable bonds is 4. The Bertz CT molecular complexity index is 747. The second-order valence-electron chi connectivity index (χ2n) is 5.42. The number of amides is 1. The third-order valence-electron chi connectivity index (χ3n) is 3.48. The molecule has 2 aromatic heterocycles. The first-order chi connectivity index (χ1) is 11.8. The Balaban J connectivity index is 1.63. The van der Waals surface area contributed by atoms with Crippen LogP contribution in [-0.4, -0.2) is 51.0 Å². The first-order valence-electron chi connectivity index (χ1n) is 7.26. The molecule has 134 valence electrons. The number of hydrogen-bond acceptors (Lipinski definition) is 6. The molecule has 2 atom stereocenters. The maximum absolute atomic E-state index is 12.4. The molecule has 0 unspecified atom stereocenters. The minimum absolute atomic E-state index is 0.0833. The monoisotopic (exact) mass is 357 g/mol. The largest absolute Gasteiger partial charge is 0.482 e. The van der Waals surface area contributed by atoms with E-state index in [1.54, 1.807) is 17.9 Å². The van der Waals surface area contributed by atoms with Gasteiger partial charge in [-0.15, -0.1) is 0 Å². The van der Waals surface area contributed by atoms with Gasteiger partial charge in [-0.05, 0) is 0 Å². The van der Waals surface area contributed by atoms with Crippen LogP contribution in [0.25, 0.3) is 0 Å². The van der Waals surface area contributed by atoms with Gasteiger partial charge in [0.25, 0.3) is 5.91 Å². The molecule has 11 heteroatoms. The predicted octanol–water partition coefficient (Wildman–Crippen LogP) is 0.805. The summed E-state index contributed by atoms with van der Waals surface area (Å²) in [7, 11) is 1.74. The highest BCUT2D eigenvalue weighted by atomic mass is 19.4. The van der Waals surface area contributed by atoms with Crippen molar-refractivity contribution in [1.82, 2.24) is 25.1 Å². The van der Waals surface area contributed by atoms with Gasteiger partial charge in [0.15, 0.2) is 5.75 Å². The molecule has 25 heavy (non-hydrogen) atoms. The quantitative estimate of drug-likeness (QED) is 0.871. The number of aryl methyl sites for hydroxylation is 1. The van der Waals surface area contributed by atoms with Crippen LogP contribution in [0, 0.1) is 0 Å². The van der Waals surface area contributed by atoms with E-state index in [0.717, 1.165) is 12.4 Å². The molecular formula is C14H14F3N5O3. The summed E-state index contributed by atoms with van der Waals surface area (Å²) in [5.41, 5.74) is -0.0833. The molecule has 1 amide bonds. The van der Waals surface area contributed by atoms with Crippen LogP contribution in [0.15, 0.2) is 24.8 Å². The highest BCUT2D eigenvalue weighted by Gasteiger charge is 2.35. The van der Waals surface area contributed by atoms with Crippen LogP contribution in [0.4, 0.5) is 13.2 Å². The lowest BCUT2D eigenvalue weighted by molar-refractivity contribution is -0.145. The number of nitrogens with zero attached hydrogens (tertiary/aromatic N) is 4. The second kappa shape index (κ2) is 6.67. The van der Waals surface area contributed by atoms with Crippen molar-refractivity contribution in [2.24, 2.45) is 7.05 Å². The van der Waals surface area contributed by atoms with Gasteiger partial charge < -0.3 is 14.8 Å². The molecule has 8 nitrogen and oxygen atoms in total. The van der Waals surface area contributed by atoms with E-state index in [0.29, 0.717) is 5.75 Å². The summed E-state index contributed by atoms with van der Waals surface area (Å²) in [4.78, 5) is 18.5. The average Bonchev–Trinajstić information content (AvgIpc) is 3.16. The van der Waals surface area contributed by atoms with Crippen LogP contribution >= 0.6 is 0 Å². The number of carbonyl (C=O) groups is 1. The lowest BCUT2D eigenvalue weighted by Gasteiger charge is -2.19. The summed E-state index contributed by atoms with van der Waals surface area (Å²) < 4.78 is 49.9. The predicted molar refractivity (Wildman–Crippen MR) is 76.7 cm³/mol. The second-order valence-corrected chi connectivity index (χ2v) is 5.42. The number of hydrogen-bond donors (Lipinski definition) is 1. The molecule has 2 aromatic rings. The topological polar surface area (TPSA) is 91.2 Å². The zero-order chi connectivity index (χ0) is 18.0. The molecule has 1 fully saturated rings. The van der Waals surface area contributed by atoms with Crippen LogP contribution in [-0.2, 0) is 18.0 Å². The van der Waals surface area contributed by atoms with E-state index in [1.165, 1.54) is 6.20 Å². The van der Waals surface area contributed by atoms with Gasteiger partial charge in [-0.1, -0.05) is 0 Å². The lowest BCUT2D eigenvalue weighted by atomic mass is 10.2. The Labute approximate surface area is 140 Å². The Morgan fingerprint density at radius 2 is 2.04 bits per heavy atom. The van der Waals surface area contributed by atoms with Crippen LogP contribution in [0.3, 0.4) is 0 Å². The molecule has 1 saturated heterocycles. The minimum atomic E-state index is -4.66. The van der Waals surface area contributed by atoms with Gasteiger partial charge in [-0.25, -0.2) is 9.97 Å². The summed E-state index contributed by atoms with van der Waals surface area (Å²) >= 11 is 0. The van der Waals surface area contributed by atoms with Gasteiger partial charge >= 0.3 is 6.18 Å². The van der Waals surface area contributed by atoms with E-state index in [2.05, 4.69) is 20.4 Å². The summed E-state index contributed by atoms with van der Waals surface area (Å²) in [6, 6.07) is -0.463. The molecule has 0 radical (unpaired) electrons. The van der Waals surface area contributed by atoms with Gasteiger partial charge in [0.05, 0.1) is 37.2 Å². The third-order valence-corrected chi connectivity index (χ3v) is 3.48. The fourth-order valence-corrected chi connectivity index (χ4v) is 2.26. The molecular weight excluding hydrogens is 343 g/mol. The van der Waals surface area contributed by atoms with Gasteiger partial charge in [0, 0.05) is 19.4 Å². The van der Waals surface area contributed by atoms with Crippen molar-refractivity contribution in [3.05, 3.63) is 36.2 Å². The molecule has 1 aliphatic heterocycles. The van der Waals surface area contributed by atoms with Gasteiger partial charge in [-0.2, -0.15) is 18.3 Å². The first-order valence-corrected chi connectivity index (χ1v) is 7.26. The van der Waals surface area contributed by atoms with Crippen molar-refractivity contribution in [3.63, 3.8) is 0 Å². The summed E-state index contributed by atoms with van der Waals surface area (Å²) in [5, 5.41) is 6.63. The number of aromatic nitrogens is 4. The number of alkyl halides is 3. The first kappa shape index (κ1) is 17.1. The van der Waals surface area contributed by atoms with Crippen molar-refractivity contribution in [3.8, 4) is 5.75 Å². The zero-order valence-electron chi connectivity index (χ0n) is 13.0. The standard InChI is InChI=1S/C14H14F3N5O3/c1-22-5-9(4-20-22)25-11-7-24-6-10(11)21-12(23)8-2-18-13(19-3-8)14(15,16)17/h2-5,10-11H,6-7H2,1H3,(H,21,23)/t10-,11+/m0/s1. The molecule has 1 aliphatic rings. The van der Waals surface area contributed by atoms with Crippen LogP contribution < -0.4 is 10.1 Å². The fraction of sp³-hybridized carbons (Fsp3) is 0.429. The highest BCUT2D eigenvalue weighted by molar-refractivity contribution is 5.93. The van der Waals surface area contributed by atoms with E-state index < -0.39 is 30.1 Å². The molecule has 0 aromatic carbocycles. The third kappa shape index (κ3) is 4.05. The molecule has 0 aliphatic carbocycles. The Morgan fingerprint density at radius 1 is 1.32 bits per heavy atom. The van der Waals surface area contributed by atoms with Gasteiger partial charge in [-0.3, -0.25) is 9.48 Å². The van der Waals surface area contributed by atoms with Gasteiger partial charge in [0.2, 0.25) is 5.82 Å². The van der Waals surface area contributed by atoms with Crippen molar-refractivity contribution < 1.29 is 27.4 Å². The van der Waals surface area contributed by atoms with E-state index in [-0.39, 0.29) is 18.8 Å². The van der Waals surface area contributed by atoms with Crippen molar-refractivity contribution in [2.75, 3.05) is 13.2 Å². The summed E-state index contributed by atoms with van der Waals surface area (Å²) in [6.07, 6.45) is -0.238. The Hall–Kier alpha value is -2.69. The normalized spacial score (nSPS) is 20.5. The highest BCUT2D eigenvalue weighted by Crippen LogP contribution is 2.25. The molecule has 0 bridgehead atoms. The van der Waals surface area contributed by atoms with E-state index in [4.69, 9.17) is 9.47 Å². The minimum Gasteiger partial charge on any atom is -0.482 e. The van der Waals surface area contributed by atoms with E-state index >= 15 is 0 Å². The number of halogens is 3. The van der Waals surface area contributed by atoms with Gasteiger partial charge in [0.1, 0.15) is 6.10 Å². The molecule has 3 heterocycles. The summed E-state index contributed by atoms with van der Waals surface area (Å²) in [5.74, 6) is -1.38. The molecule has 3 rings (SSSR count). The summed E-state index contributed by atoms with van der Waals surface area (Å²) in [6.45, 7) is 0.488. The Kier molecular flexibility index (Phi) is 4.57. The van der Waals surface area contributed by atoms with E-state index in [9.17, 15) is 18.0 Å². The van der Waals surface area contributed by atoms with Crippen LogP contribution in [0.1, 0.15) is 16.2 Å².